The van der Waals surface area contributed by atoms with Crippen molar-refractivity contribution >= 4 is 33.5 Å². The van der Waals surface area contributed by atoms with Crippen LogP contribution in [-0.4, -0.2) is 32.1 Å². The summed E-state index contributed by atoms with van der Waals surface area (Å²) in [5, 5.41) is 5.88. The van der Waals surface area contributed by atoms with E-state index >= 15 is 0 Å². The summed E-state index contributed by atoms with van der Waals surface area (Å²) in [6, 6.07) is 6.71. The van der Waals surface area contributed by atoms with E-state index in [-0.39, 0.29) is 5.69 Å². The lowest BCUT2D eigenvalue weighted by atomic mass is 10.1. The van der Waals surface area contributed by atoms with Gasteiger partial charge in [0.25, 0.3) is 0 Å². The average Bonchev–Trinajstić information content (AvgIpc) is 2.73. The van der Waals surface area contributed by atoms with Crippen LogP contribution in [0, 0.1) is 5.82 Å². The van der Waals surface area contributed by atoms with Gasteiger partial charge in [0.1, 0.15) is 18.3 Å². The number of rotatable bonds is 11. The second-order valence-electron chi connectivity index (χ2n) is 7.33. The number of carbonyl (C=O) groups is 1. The monoisotopic (exact) mass is 466 g/mol. The largest absolute Gasteiger partial charge is 0.370 e. The summed E-state index contributed by atoms with van der Waals surface area (Å²) in [4.78, 5) is 16.6. The van der Waals surface area contributed by atoms with Crippen molar-refractivity contribution in [2.24, 2.45) is 0 Å². The van der Waals surface area contributed by atoms with E-state index in [0.717, 1.165) is 25.2 Å². The fraction of sp³-hybridized carbons (Fsp3) is 0.364. The first-order chi connectivity index (χ1) is 15.1. The first-order valence-electron chi connectivity index (χ1n) is 10.2. The molecule has 0 aliphatic heterocycles. The molecule has 0 aliphatic rings. The minimum Gasteiger partial charge on any atom is -0.370 e. The maximum atomic E-state index is 14.2. The number of nitrogens with zero attached hydrogens (tertiary/aromatic N) is 1. The van der Waals surface area contributed by atoms with Crippen molar-refractivity contribution in [1.29, 1.82) is 0 Å². The van der Waals surface area contributed by atoms with Gasteiger partial charge in [0.05, 0.1) is 23.7 Å². The maximum Gasteiger partial charge on any atom is 0.244 e. The van der Waals surface area contributed by atoms with Crippen molar-refractivity contribution in [3.63, 3.8) is 0 Å². The molecular formula is C22H28F2N4O3S. The second kappa shape index (κ2) is 11.6. The lowest BCUT2D eigenvalue weighted by molar-refractivity contribution is -0.117. The van der Waals surface area contributed by atoms with Crippen LogP contribution in [0.1, 0.15) is 49.6 Å². The van der Waals surface area contributed by atoms with E-state index in [9.17, 15) is 22.0 Å². The first kappa shape index (κ1) is 25.3. The van der Waals surface area contributed by atoms with Crippen molar-refractivity contribution in [2.45, 2.75) is 39.4 Å². The molecule has 0 unspecified atom stereocenters. The van der Waals surface area contributed by atoms with Gasteiger partial charge in [-0.05, 0) is 49.2 Å². The van der Waals surface area contributed by atoms with Gasteiger partial charge in [-0.25, -0.2) is 22.2 Å². The van der Waals surface area contributed by atoms with Crippen LogP contribution in [0.5, 0.6) is 0 Å². The van der Waals surface area contributed by atoms with Crippen molar-refractivity contribution in [3.8, 4) is 0 Å². The molecule has 7 nitrogen and oxygen atoms in total. The van der Waals surface area contributed by atoms with Crippen LogP contribution in [0.2, 0.25) is 0 Å². The third kappa shape index (κ3) is 7.92. The number of aromatic nitrogens is 1. The average molecular weight is 467 g/mol. The number of carbonyl (C=O) groups excluding carboxylic acids is 1. The van der Waals surface area contributed by atoms with Crippen molar-refractivity contribution in [3.05, 3.63) is 59.0 Å². The van der Waals surface area contributed by atoms with Gasteiger partial charge in [0.15, 0.2) is 0 Å². The van der Waals surface area contributed by atoms with Crippen molar-refractivity contribution < 1.29 is 22.0 Å². The van der Waals surface area contributed by atoms with E-state index < -0.39 is 34.5 Å². The summed E-state index contributed by atoms with van der Waals surface area (Å²) in [5.41, 5.74) is 1.25. The Kier molecular flexibility index (Phi) is 9.13. The summed E-state index contributed by atoms with van der Waals surface area (Å²) in [5.74, 6) is -0.654. The SMILES string of the molecule is CCCCNc1nc(CF)ccc1/C=C/C(=O)N[C@H](C)c1ccc(NS(C)(=O)=O)c(F)c1. The molecule has 0 radical (unpaired) electrons. The Labute approximate surface area is 187 Å². The summed E-state index contributed by atoms with van der Waals surface area (Å²) < 4.78 is 51.8. The molecule has 3 N–H and O–H groups in total. The lowest BCUT2D eigenvalue weighted by Crippen LogP contribution is -2.24. The van der Waals surface area contributed by atoms with Crippen LogP contribution in [0.15, 0.2) is 36.4 Å². The maximum absolute atomic E-state index is 14.2. The third-order valence-corrected chi connectivity index (χ3v) is 5.10. The van der Waals surface area contributed by atoms with E-state index in [2.05, 4.69) is 27.3 Å². The molecule has 32 heavy (non-hydrogen) atoms. The molecule has 2 aromatic rings. The van der Waals surface area contributed by atoms with Gasteiger partial charge in [-0.1, -0.05) is 19.4 Å². The Morgan fingerprint density at radius 2 is 2.00 bits per heavy atom. The molecular weight excluding hydrogens is 438 g/mol. The Morgan fingerprint density at radius 1 is 1.25 bits per heavy atom. The zero-order valence-corrected chi connectivity index (χ0v) is 19.1. The molecule has 0 saturated heterocycles. The van der Waals surface area contributed by atoms with Crippen LogP contribution >= 0.6 is 0 Å². The number of hydrogen-bond donors (Lipinski definition) is 3. The Hall–Kier alpha value is -3.01. The number of nitrogens with one attached hydrogen (secondary N) is 3. The lowest BCUT2D eigenvalue weighted by Gasteiger charge is -2.15. The first-order valence-corrected chi connectivity index (χ1v) is 12.1. The highest BCUT2D eigenvalue weighted by molar-refractivity contribution is 7.92. The Balaban J connectivity index is 2.07. The number of amides is 1. The normalized spacial score (nSPS) is 12.5. The Bertz CT molecular complexity index is 1070. The van der Waals surface area contributed by atoms with Gasteiger partial charge in [0.2, 0.25) is 15.9 Å². The van der Waals surface area contributed by atoms with Crippen molar-refractivity contribution in [1.82, 2.24) is 10.3 Å². The zero-order valence-electron chi connectivity index (χ0n) is 18.3. The van der Waals surface area contributed by atoms with Crippen molar-refractivity contribution in [2.75, 3.05) is 22.8 Å². The molecule has 0 fully saturated rings. The van der Waals surface area contributed by atoms with Gasteiger partial charge >= 0.3 is 0 Å². The number of alkyl halides is 1. The van der Waals surface area contributed by atoms with Gasteiger partial charge in [-0.3, -0.25) is 9.52 Å². The summed E-state index contributed by atoms with van der Waals surface area (Å²) >= 11 is 0. The van der Waals surface area contributed by atoms with Gasteiger partial charge in [-0.15, -0.1) is 0 Å². The van der Waals surface area contributed by atoms with Crippen LogP contribution < -0.4 is 15.4 Å². The molecule has 1 aromatic carbocycles. The number of pyridine rings is 1. The minimum atomic E-state index is -3.60. The van der Waals surface area contributed by atoms with Gasteiger partial charge in [0, 0.05) is 18.2 Å². The predicted octanol–water partition coefficient (Wildman–Crippen LogP) is 4.16. The zero-order chi connectivity index (χ0) is 23.7. The van der Waals surface area contributed by atoms with Gasteiger partial charge < -0.3 is 10.6 Å². The van der Waals surface area contributed by atoms with Gasteiger partial charge in [-0.2, -0.15) is 0 Å². The standard InChI is InChI=1S/C22H28F2N4O3S/c1-4-5-12-25-22-16(6-9-18(14-23)27-22)8-11-21(29)26-15(2)17-7-10-20(19(24)13-17)28-32(3,30)31/h6-11,13,15,28H,4-5,12,14H2,1-3H3,(H,25,27)(H,26,29)/b11-8+/t15-/m1/s1. The predicted molar refractivity (Wildman–Crippen MR) is 123 cm³/mol. The highest BCUT2D eigenvalue weighted by Crippen LogP contribution is 2.21. The fourth-order valence-electron chi connectivity index (χ4n) is 2.84. The fourth-order valence-corrected chi connectivity index (χ4v) is 3.40. The smallest absolute Gasteiger partial charge is 0.244 e. The highest BCUT2D eigenvalue weighted by Gasteiger charge is 2.13. The number of halogens is 2. The topological polar surface area (TPSA) is 100 Å². The molecule has 0 aliphatic carbocycles. The Morgan fingerprint density at radius 3 is 2.62 bits per heavy atom. The van der Waals surface area contributed by atoms with E-state index in [1.54, 1.807) is 25.1 Å². The molecule has 1 amide bonds. The molecule has 174 valence electrons. The van der Waals surface area contributed by atoms with E-state index in [1.165, 1.54) is 18.2 Å². The number of hydrogen-bond acceptors (Lipinski definition) is 5. The summed E-state index contributed by atoms with van der Waals surface area (Å²) in [6.45, 7) is 3.74. The van der Waals surface area contributed by atoms with E-state index in [0.29, 0.717) is 29.2 Å². The number of unbranched alkanes of at least 4 members (excludes halogenated alkanes) is 1. The molecule has 1 heterocycles. The number of benzene rings is 1. The van der Waals surface area contributed by atoms with Crippen LogP contribution in [0.4, 0.5) is 20.3 Å². The van der Waals surface area contributed by atoms with Crippen LogP contribution in [0.25, 0.3) is 6.08 Å². The molecule has 0 saturated carbocycles. The summed E-state index contributed by atoms with van der Waals surface area (Å²) in [6.07, 6.45) is 5.75. The molecule has 1 aromatic heterocycles. The molecule has 0 bridgehead atoms. The van der Waals surface area contributed by atoms with Crippen LogP contribution in [0.3, 0.4) is 0 Å². The summed E-state index contributed by atoms with van der Waals surface area (Å²) in [7, 11) is -3.60. The minimum absolute atomic E-state index is 0.165. The molecule has 2 rings (SSSR count). The third-order valence-electron chi connectivity index (χ3n) is 4.51. The van der Waals surface area contributed by atoms with E-state index in [4.69, 9.17) is 0 Å². The molecule has 1 atom stereocenters. The second-order valence-corrected chi connectivity index (χ2v) is 9.08. The van der Waals surface area contributed by atoms with E-state index in [1.807, 2.05) is 0 Å². The highest BCUT2D eigenvalue weighted by atomic mass is 32.2. The number of sulfonamides is 1. The number of anilines is 2. The quantitative estimate of drug-likeness (QED) is 0.341. The van der Waals surface area contributed by atoms with Crippen LogP contribution in [-0.2, 0) is 21.5 Å². The molecule has 10 heteroatoms. The molecule has 0 spiro atoms.